The maximum Gasteiger partial charge on any atom is 0.272 e. The largest absolute Gasteiger partial charge is 0.469 e. The lowest BCUT2D eigenvalue weighted by Crippen LogP contribution is -2.38. The van der Waals surface area contributed by atoms with Gasteiger partial charge in [0.15, 0.2) is 18.2 Å². The van der Waals surface area contributed by atoms with Crippen LogP contribution >= 0.6 is 0 Å². The second-order valence-electron chi connectivity index (χ2n) is 6.49. The van der Waals surface area contributed by atoms with E-state index in [4.69, 9.17) is 4.74 Å². The van der Waals surface area contributed by atoms with Crippen molar-refractivity contribution in [3.8, 4) is 17.3 Å². The van der Waals surface area contributed by atoms with Gasteiger partial charge in [-0.25, -0.2) is 18.3 Å². The molecule has 0 aliphatic carbocycles. The van der Waals surface area contributed by atoms with Gasteiger partial charge in [0, 0.05) is 18.8 Å². The first-order chi connectivity index (χ1) is 13.6. The van der Waals surface area contributed by atoms with E-state index in [0.29, 0.717) is 17.6 Å². The molecular formula is C18H19F3N6O. The Morgan fingerprint density at radius 2 is 2.21 bits per heavy atom. The molecule has 1 saturated heterocycles. The molecule has 1 fully saturated rings. The van der Waals surface area contributed by atoms with Crippen molar-refractivity contribution in [2.24, 2.45) is 0 Å². The van der Waals surface area contributed by atoms with Crippen molar-refractivity contribution in [1.82, 2.24) is 24.9 Å². The van der Waals surface area contributed by atoms with Crippen molar-refractivity contribution in [2.75, 3.05) is 25.0 Å². The number of hydrogen-bond donors (Lipinski definition) is 2. The number of hydrogen-bond acceptors (Lipinski definition) is 6. The van der Waals surface area contributed by atoms with Crippen LogP contribution in [0.15, 0.2) is 30.6 Å². The van der Waals surface area contributed by atoms with Gasteiger partial charge in [-0.2, -0.15) is 14.5 Å². The van der Waals surface area contributed by atoms with E-state index in [1.807, 2.05) is 18.2 Å². The van der Waals surface area contributed by atoms with Gasteiger partial charge < -0.3 is 15.4 Å². The third kappa shape index (κ3) is 3.86. The predicted molar refractivity (Wildman–Crippen MR) is 97.2 cm³/mol. The fraction of sp³-hybridized carbons (Fsp3) is 0.389. The number of halogens is 3. The first-order valence-electron chi connectivity index (χ1n) is 9.00. The fourth-order valence-electron chi connectivity index (χ4n) is 3.16. The number of piperidine rings is 1. The maximum atomic E-state index is 14.8. The third-order valence-corrected chi connectivity index (χ3v) is 4.47. The third-order valence-electron chi connectivity index (χ3n) is 4.47. The summed E-state index contributed by atoms with van der Waals surface area (Å²) in [6.07, 6.45) is 2.35. The Morgan fingerprint density at radius 1 is 1.32 bits per heavy atom. The van der Waals surface area contributed by atoms with Gasteiger partial charge in [-0.15, -0.1) is 0 Å². The first-order valence-corrected chi connectivity index (χ1v) is 9.00. The highest BCUT2D eigenvalue weighted by Crippen LogP contribution is 2.29. The van der Waals surface area contributed by atoms with E-state index < -0.39 is 24.7 Å². The predicted octanol–water partition coefficient (Wildman–Crippen LogP) is 2.74. The molecule has 0 amide bonds. The number of fused-ring (bicyclic) bond motifs is 1. The standard InChI is InChI=1S/C18H19F3N6O/c19-14(20)10-28-18-15(21)17(24-11-4-3-6-22-8-11)25-16(26-18)12-9-23-27-7-2-1-5-13(12)27/h1-2,5,7,9,11,14,22H,3-4,6,8,10H2,(H,24,25,26)/t11-/m1/s1. The smallest absolute Gasteiger partial charge is 0.272 e. The van der Waals surface area contributed by atoms with Crippen LogP contribution in [0, 0.1) is 5.82 Å². The summed E-state index contributed by atoms with van der Waals surface area (Å²) in [5.41, 5.74) is 1.26. The molecule has 0 aromatic carbocycles. The Labute approximate surface area is 158 Å². The van der Waals surface area contributed by atoms with Crippen LogP contribution in [0.4, 0.5) is 19.0 Å². The van der Waals surface area contributed by atoms with Gasteiger partial charge in [0.05, 0.1) is 17.3 Å². The first kappa shape index (κ1) is 18.5. The molecule has 0 saturated carbocycles. The van der Waals surface area contributed by atoms with E-state index in [-0.39, 0.29) is 17.7 Å². The molecule has 3 aromatic rings. The molecule has 0 unspecified atom stereocenters. The number of aromatic nitrogens is 4. The normalized spacial score (nSPS) is 17.2. The quantitative estimate of drug-likeness (QED) is 0.672. The molecule has 148 valence electrons. The van der Waals surface area contributed by atoms with Gasteiger partial charge in [0.25, 0.3) is 12.3 Å². The molecule has 4 heterocycles. The Balaban J connectivity index is 1.74. The number of rotatable bonds is 6. The number of pyridine rings is 1. The maximum absolute atomic E-state index is 14.8. The highest BCUT2D eigenvalue weighted by atomic mass is 19.3. The van der Waals surface area contributed by atoms with Crippen LogP contribution in [-0.2, 0) is 0 Å². The Morgan fingerprint density at radius 3 is 3.00 bits per heavy atom. The summed E-state index contributed by atoms with van der Waals surface area (Å²) in [4.78, 5) is 8.34. The number of anilines is 1. The van der Waals surface area contributed by atoms with Crippen molar-refractivity contribution in [2.45, 2.75) is 25.3 Å². The zero-order valence-electron chi connectivity index (χ0n) is 14.9. The van der Waals surface area contributed by atoms with E-state index in [1.165, 1.54) is 0 Å². The average Bonchev–Trinajstić information content (AvgIpc) is 3.13. The SMILES string of the molecule is Fc1c(N[C@@H]2CCCNC2)nc(-c2cnn3ccccc23)nc1OCC(F)F. The van der Waals surface area contributed by atoms with Crippen LogP contribution in [-0.4, -0.2) is 51.7 Å². The lowest BCUT2D eigenvalue weighted by atomic mass is 10.1. The summed E-state index contributed by atoms with van der Waals surface area (Å²) in [5.74, 6) is -1.31. The van der Waals surface area contributed by atoms with E-state index in [2.05, 4.69) is 25.7 Å². The molecule has 1 atom stereocenters. The Hall–Kier alpha value is -2.88. The zero-order chi connectivity index (χ0) is 19.5. The molecule has 0 bridgehead atoms. The van der Waals surface area contributed by atoms with Crippen LogP contribution in [0.25, 0.3) is 16.9 Å². The lowest BCUT2D eigenvalue weighted by molar-refractivity contribution is 0.0774. The van der Waals surface area contributed by atoms with Crippen LogP contribution in [0.1, 0.15) is 12.8 Å². The Kier molecular flexibility index (Phi) is 5.29. The van der Waals surface area contributed by atoms with Gasteiger partial charge in [-0.3, -0.25) is 0 Å². The molecule has 0 spiro atoms. The van der Waals surface area contributed by atoms with Crippen molar-refractivity contribution in [1.29, 1.82) is 0 Å². The highest BCUT2D eigenvalue weighted by molar-refractivity contribution is 5.76. The van der Waals surface area contributed by atoms with Crippen LogP contribution in [0.5, 0.6) is 5.88 Å². The second-order valence-corrected chi connectivity index (χ2v) is 6.49. The van der Waals surface area contributed by atoms with Crippen molar-refractivity contribution < 1.29 is 17.9 Å². The van der Waals surface area contributed by atoms with Crippen molar-refractivity contribution in [3.63, 3.8) is 0 Å². The number of nitrogens with one attached hydrogen (secondary N) is 2. The van der Waals surface area contributed by atoms with Crippen molar-refractivity contribution in [3.05, 3.63) is 36.4 Å². The molecular weight excluding hydrogens is 373 g/mol. The molecule has 3 aromatic heterocycles. The van der Waals surface area contributed by atoms with Gasteiger partial charge in [-0.05, 0) is 31.5 Å². The minimum absolute atomic E-state index is 0.0298. The number of alkyl halides is 2. The minimum atomic E-state index is -2.74. The molecule has 1 aliphatic rings. The average molecular weight is 392 g/mol. The summed E-state index contributed by atoms with van der Waals surface area (Å²) in [6, 6.07) is 5.42. The second kappa shape index (κ2) is 8.01. The topological polar surface area (TPSA) is 76.4 Å². The van der Waals surface area contributed by atoms with Gasteiger partial charge in [-0.1, -0.05) is 6.07 Å². The van der Waals surface area contributed by atoms with E-state index >= 15 is 0 Å². The lowest BCUT2D eigenvalue weighted by Gasteiger charge is -2.24. The molecule has 28 heavy (non-hydrogen) atoms. The number of ether oxygens (including phenoxy) is 1. The molecule has 0 radical (unpaired) electrons. The fourth-order valence-corrected chi connectivity index (χ4v) is 3.16. The molecule has 2 N–H and O–H groups in total. The van der Waals surface area contributed by atoms with E-state index in [1.54, 1.807) is 16.9 Å². The summed E-state index contributed by atoms with van der Waals surface area (Å²) < 4.78 is 46.5. The summed E-state index contributed by atoms with van der Waals surface area (Å²) in [6.45, 7) is 0.607. The van der Waals surface area contributed by atoms with Crippen LogP contribution in [0.2, 0.25) is 0 Å². The Bertz CT molecular complexity index is 958. The molecule has 4 rings (SSSR count). The monoisotopic (exact) mass is 392 g/mol. The summed E-state index contributed by atoms with van der Waals surface area (Å²) in [7, 11) is 0. The van der Waals surface area contributed by atoms with E-state index in [9.17, 15) is 13.2 Å². The van der Waals surface area contributed by atoms with Crippen LogP contribution < -0.4 is 15.4 Å². The van der Waals surface area contributed by atoms with Crippen LogP contribution in [0.3, 0.4) is 0 Å². The highest BCUT2D eigenvalue weighted by Gasteiger charge is 2.22. The van der Waals surface area contributed by atoms with Gasteiger partial charge in [0.2, 0.25) is 5.82 Å². The van der Waals surface area contributed by atoms with Gasteiger partial charge in [0.1, 0.15) is 0 Å². The summed E-state index contributed by atoms with van der Waals surface area (Å²) >= 11 is 0. The van der Waals surface area contributed by atoms with E-state index in [0.717, 1.165) is 19.4 Å². The molecule has 1 aliphatic heterocycles. The van der Waals surface area contributed by atoms with Gasteiger partial charge >= 0.3 is 0 Å². The molecule has 10 heteroatoms. The minimum Gasteiger partial charge on any atom is -0.469 e. The zero-order valence-corrected chi connectivity index (χ0v) is 14.9. The summed E-state index contributed by atoms with van der Waals surface area (Å²) in [5, 5.41) is 10.5. The molecule has 7 nitrogen and oxygen atoms in total. The number of nitrogens with zero attached hydrogens (tertiary/aromatic N) is 4. The van der Waals surface area contributed by atoms with Crippen molar-refractivity contribution >= 4 is 11.3 Å².